The first kappa shape index (κ1) is 7.44. The number of aliphatic hydroxyl groups is 1. The Bertz CT molecular complexity index is 239. The fraction of sp³-hybridized carbons (Fsp3) is 0.333. The number of hydrogen-bond acceptors (Lipinski definition) is 3. The van der Waals surface area contributed by atoms with Gasteiger partial charge < -0.3 is 5.11 Å². The van der Waals surface area contributed by atoms with E-state index < -0.39 is 0 Å². The van der Waals surface area contributed by atoms with E-state index in [-0.39, 0.29) is 11.8 Å². The third kappa shape index (κ3) is 1.43. The van der Waals surface area contributed by atoms with E-state index in [2.05, 4.69) is 9.97 Å². The van der Waals surface area contributed by atoms with Crippen molar-refractivity contribution in [2.75, 3.05) is 0 Å². The lowest BCUT2D eigenvalue weighted by Crippen LogP contribution is -1.94. The summed E-state index contributed by atoms with van der Waals surface area (Å²) in [5.41, 5.74) is 1.19. The Kier molecular flexibility index (Phi) is 2.19. The zero-order valence-corrected chi connectivity index (χ0v) is 6.26. The zero-order chi connectivity index (χ0) is 7.56. The maximum atomic E-state index is 8.66. The quantitative estimate of drug-likeness (QED) is 0.662. The summed E-state index contributed by atoms with van der Waals surface area (Å²) >= 11 is 5.56. The highest BCUT2D eigenvalue weighted by molar-refractivity contribution is 6.29. The highest BCUT2D eigenvalue weighted by Crippen LogP contribution is 2.09. The molecule has 0 saturated carbocycles. The molecule has 0 aliphatic carbocycles. The van der Waals surface area contributed by atoms with Crippen LogP contribution in [0, 0.1) is 6.92 Å². The summed E-state index contributed by atoms with van der Waals surface area (Å²) in [6.45, 7) is 1.63. The van der Waals surface area contributed by atoms with E-state index in [1.54, 1.807) is 13.1 Å². The Hall–Kier alpha value is -0.670. The summed E-state index contributed by atoms with van der Waals surface area (Å²) in [5.74, 6) is 0. The largest absolute Gasteiger partial charge is 0.390 e. The molecular formula is C6H7ClN2O. The van der Waals surface area contributed by atoms with Crippen molar-refractivity contribution in [3.63, 3.8) is 0 Å². The molecule has 1 aromatic rings. The number of aromatic nitrogens is 2. The summed E-state index contributed by atoms with van der Waals surface area (Å²) < 4.78 is 0. The van der Waals surface area contributed by atoms with Crippen LogP contribution in [0.25, 0.3) is 0 Å². The van der Waals surface area contributed by atoms with Crippen molar-refractivity contribution in [3.8, 4) is 0 Å². The summed E-state index contributed by atoms with van der Waals surface area (Å²) in [5, 5.41) is 8.93. The van der Waals surface area contributed by atoms with Crippen LogP contribution in [0.1, 0.15) is 11.4 Å². The van der Waals surface area contributed by atoms with E-state index in [1.165, 1.54) is 0 Å². The zero-order valence-electron chi connectivity index (χ0n) is 5.50. The fourth-order valence-electron chi connectivity index (χ4n) is 0.613. The molecule has 4 heteroatoms. The predicted octanol–water partition coefficient (Wildman–Crippen LogP) is 0.931. The van der Waals surface area contributed by atoms with Crippen LogP contribution in [0.3, 0.4) is 0 Å². The molecule has 0 fully saturated rings. The average molecular weight is 159 g/mol. The lowest BCUT2D eigenvalue weighted by atomic mass is 10.4. The minimum atomic E-state index is -0.159. The maximum Gasteiger partial charge on any atom is 0.152 e. The molecule has 0 saturated heterocycles. The van der Waals surface area contributed by atoms with Gasteiger partial charge in [0, 0.05) is 6.20 Å². The Labute approximate surface area is 63.7 Å². The highest BCUT2D eigenvalue weighted by atomic mass is 35.5. The molecule has 1 aromatic heterocycles. The van der Waals surface area contributed by atoms with Crippen molar-refractivity contribution >= 4 is 11.6 Å². The van der Waals surface area contributed by atoms with E-state index >= 15 is 0 Å². The first-order valence-corrected chi connectivity index (χ1v) is 3.20. The molecule has 1 rings (SSSR count). The number of aliphatic hydroxyl groups excluding tert-OH is 1. The molecule has 0 radical (unpaired) electrons. The smallest absolute Gasteiger partial charge is 0.152 e. The monoisotopic (exact) mass is 158 g/mol. The van der Waals surface area contributed by atoms with Gasteiger partial charge in [-0.1, -0.05) is 11.6 Å². The lowest BCUT2D eigenvalue weighted by molar-refractivity contribution is 0.276. The van der Waals surface area contributed by atoms with E-state index in [4.69, 9.17) is 16.7 Å². The number of halogens is 1. The standard InChI is InChI=1S/C6H7ClN2O/c1-4-2-8-6(7)5(3-10)9-4/h2,10H,3H2,1H3. The van der Waals surface area contributed by atoms with Crippen LogP contribution >= 0.6 is 11.6 Å². The van der Waals surface area contributed by atoms with Gasteiger partial charge in [0.25, 0.3) is 0 Å². The van der Waals surface area contributed by atoms with Gasteiger partial charge in [-0.2, -0.15) is 0 Å². The van der Waals surface area contributed by atoms with Crippen LogP contribution in [0.15, 0.2) is 6.20 Å². The van der Waals surface area contributed by atoms with Crippen LogP contribution < -0.4 is 0 Å². The van der Waals surface area contributed by atoms with Gasteiger partial charge in [0.2, 0.25) is 0 Å². The molecule has 1 heterocycles. The first-order chi connectivity index (χ1) is 4.74. The van der Waals surface area contributed by atoms with Crippen molar-refractivity contribution in [3.05, 3.63) is 22.7 Å². The summed E-state index contributed by atoms with van der Waals surface area (Å²) in [6, 6.07) is 0. The van der Waals surface area contributed by atoms with Gasteiger partial charge in [0.1, 0.15) is 5.69 Å². The van der Waals surface area contributed by atoms with Crippen molar-refractivity contribution in [1.29, 1.82) is 0 Å². The number of aryl methyl sites for hydroxylation is 1. The topological polar surface area (TPSA) is 46.0 Å². The van der Waals surface area contributed by atoms with Gasteiger partial charge in [-0.3, -0.25) is 4.98 Å². The Morgan fingerprint density at radius 3 is 2.90 bits per heavy atom. The molecule has 54 valence electrons. The predicted molar refractivity (Wildman–Crippen MR) is 37.7 cm³/mol. The first-order valence-electron chi connectivity index (χ1n) is 2.83. The van der Waals surface area contributed by atoms with Gasteiger partial charge >= 0.3 is 0 Å². The molecule has 0 unspecified atom stereocenters. The van der Waals surface area contributed by atoms with Crippen molar-refractivity contribution in [1.82, 2.24) is 9.97 Å². The Balaban J connectivity index is 3.09. The average Bonchev–Trinajstić information content (AvgIpc) is 1.94. The Morgan fingerprint density at radius 2 is 2.40 bits per heavy atom. The molecule has 3 nitrogen and oxygen atoms in total. The van der Waals surface area contributed by atoms with Crippen LogP contribution in [-0.4, -0.2) is 15.1 Å². The molecule has 0 spiro atoms. The minimum Gasteiger partial charge on any atom is -0.390 e. The molecule has 0 atom stereocenters. The van der Waals surface area contributed by atoms with E-state index in [1.807, 2.05) is 0 Å². The molecule has 0 aromatic carbocycles. The molecule has 0 aliphatic rings. The van der Waals surface area contributed by atoms with Crippen LogP contribution in [0.2, 0.25) is 5.15 Å². The number of hydrogen-bond donors (Lipinski definition) is 1. The molecule has 0 amide bonds. The molecule has 0 aliphatic heterocycles. The van der Waals surface area contributed by atoms with Crippen molar-refractivity contribution in [2.45, 2.75) is 13.5 Å². The van der Waals surface area contributed by atoms with E-state index in [0.717, 1.165) is 5.69 Å². The SMILES string of the molecule is Cc1cnc(Cl)c(CO)n1. The maximum absolute atomic E-state index is 8.66. The second-order valence-electron chi connectivity index (χ2n) is 1.91. The van der Waals surface area contributed by atoms with Crippen LogP contribution in [0.4, 0.5) is 0 Å². The third-order valence-corrected chi connectivity index (χ3v) is 1.38. The second-order valence-corrected chi connectivity index (χ2v) is 2.27. The fourth-order valence-corrected chi connectivity index (χ4v) is 0.764. The van der Waals surface area contributed by atoms with Gasteiger partial charge in [-0.25, -0.2) is 4.98 Å². The van der Waals surface area contributed by atoms with Crippen molar-refractivity contribution < 1.29 is 5.11 Å². The second kappa shape index (κ2) is 2.94. The van der Waals surface area contributed by atoms with Crippen molar-refractivity contribution in [2.24, 2.45) is 0 Å². The summed E-state index contributed by atoms with van der Waals surface area (Å²) in [4.78, 5) is 7.74. The number of rotatable bonds is 1. The summed E-state index contributed by atoms with van der Waals surface area (Å²) in [6.07, 6.45) is 1.56. The van der Waals surface area contributed by atoms with E-state index in [9.17, 15) is 0 Å². The number of nitrogens with zero attached hydrogens (tertiary/aromatic N) is 2. The van der Waals surface area contributed by atoms with Gasteiger partial charge in [-0.15, -0.1) is 0 Å². The molecule has 1 N–H and O–H groups in total. The van der Waals surface area contributed by atoms with Crippen LogP contribution in [-0.2, 0) is 6.61 Å². The van der Waals surface area contributed by atoms with Gasteiger partial charge in [-0.05, 0) is 6.92 Å². The highest BCUT2D eigenvalue weighted by Gasteiger charge is 2.00. The minimum absolute atomic E-state index is 0.159. The normalized spacial score (nSPS) is 9.90. The van der Waals surface area contributed by atoms with E-state index in [0.29, 0.717) is 5.69 Å². The van der Waals surface area contributed by atoms with Gasteiger partial charge in [0.15, 0.2) is 5.15 Å². The molecule has 0 bridgehead atoms. The third-order valence-electron chi connectivity index (χ3n) is 1.06. The Morgan fingerprint density at radius 1 is 1.70 bits per heavy atom. The van der Waals surface area contributed by atoms with Gasteiger partial charge in [0.05, 0.1) is 12.3 Å². The molecule has 10 heavy (non-hydrogen) atoms. The van der Waals surface area contributed by atoms with Crippen LogP contribution in [0.5, 0.6) is 0 Å². The summed E-state index contributed by atoms with van der Waals surface area (Å²) in [7, 11) is 0. The lowest BCUT2D eigenvalue weighted by Gasteiger charge is -1.97. The molecular weight excluding hydrogens is 152 g/mol.